The molecule has 1 amide bonds. The van der Waals surface area contributed by atoms with Crippen LogP contribution >= 0.6 is 0 Å². The maximum Gasteiger partial charge on any atom is 0.310 e. The van der Waals surface area contributed by atoms with Gasteiger partial charge in [-0.3, -0.25) is 9.59 Å². The minimum absolute atomic E-state index is 0.130. The number of carboxylic acid groups (broad SMARTS) is 1. The minimum atomic E-state index is -0.928. The molecule has 0 fully saturated rings. The van der Waals surface area contributed by atoms with Crippen LogP contribution in [0, 0.1) is 5.41 Å². The van der Waals surface area contributed by atoms with Crippen LogP contribution in [0.3, 0.4) is 0 Å². The minimum Gasteiger partial charge on any atom is -0.481 e. The average Bonchev–Trinajstić information content (AvgIpc) is 2.11. The molecule has 0 unspecified atom stereocenters. The highest BCUT2D eigenvalue weighted by atomic mass is 16.5. The molecule has 0 aliphatic rings. The summed E-state index contributed by atoms with van der Waals surface area (Å²) >= 11 is 0. The van der Waals surface area contributed by atoms with Gasteiger partial charge in [0.25, 0.3) is 0 Å². The molecule has 0 heterocycles. The van der Waals surface area contributed by atoms with E-state index in [-0.39, 0.29) is 18.9 Å². The molecule has 0 radical (unpaired) electrons. The molecule has 5 nitrogen and oxygen atoms in total. The molecular weight excluding hydrogens is 186 g/mol. The topological polar surface area (TPSA) is 75.6 Å². The monoisotopic (exact) mass is 203 g/mol. The highest BCUT2D eigenvalue weighted by Crippen LogP contribution is 2.12. The van der Waals surface area contributed by atoms with Crippen molar-refractivity contribution in [1.82, 2.24) is 5.32 Å². The third-order valence-corrected chi connectivity index (χ3v) is 1.84. The van der Waals surface area contributed by atoms with E-state index in [1.807, 2.05) is 0 Å². The molecule has 0 aromatic rings. The van der Waals surface area contributed by atoms with E-state index in [9.17, 15) is 9.59 Å². The second-order valence-corrected chi connectivity index (χ2v) is 3.71. The van der Waals surface area contributed by atoms with Crippen LogP contribution < -0.4 is 5.32 Å². The van der Waals surface area contributed by atoms with Crippen LogP contribution in [-0.2, 0) is 14.3 Å². The fourth-order valence-corrected chi connectivity index (χ4v) is 0.678. The molecule has 0 saturated carbocycles. The molecule has 0 atom stereocenters. The van der Waals surface area contributed by atoms with Crippen LogP contribution in [-0.4, -0.2) is 37.2 Å². The Hall–Kier alpha value is -1.10. The van der Waals surface area contributed by atoms with Gasteiger partial charge in [0, 0.05) is 20.1 Å². The molecule has 0 aliphatic heterocycles. The highest BCUT2D eigenvalue weighted by Gasteiger charge is 2.27. The van der Waals surface area contributed by atoms with Crippen molar-refractivity contribution in [2.75, 3.05) is 20.3 Å². The van der Waals surface area contributed by atoms with Crippen molar-refractivity contribution in [3.63, 3.8) is 0 Å². The second-order valence-electron chi connectivity index (χ2n) is 3.71. The van der Waals surface area contributed by atoms with E-state index in [0.29, 0.717) is 6.61 Å². The fraction of sp³-hybridized carbons (Fsp3) is 0.778. The number of carbonyl (C=O) groups is 2. The molecule has 0 saturated heterocycles. The first kappa shape index (κ1) is 12.9. The molecular formula is C9H17NO4. The number of rotatable bonds is 6. The maximum absolute atomic E-state index is 11.1. The summed E-state index contributed by atoms with van der Waals surface area (Å²) in [4.78, 5) is 21.8. The average molecular weight is 203 g/mol. The van der Waals surface area contributed by atoms with E-state index in [1.54, 1.807) is 13.8 Å². The van der Waals surface area contributed by atoms with Gasteiger partial charge in [0.15, 0.2) is 0 Å². The lowest BCUT2D eigenvalue weighted by Crippen LogP contribution is -2.39. The van der Waals surface area contributed by atoms with Crippen LogP contribution in [0.25, 0.3) is 0 Å². The van der Waals surface area contributed by atoms with E-state index in [1.165, 1.54) is 7.11 Å². The number of methoxy groups -OCH3 is 1. The van der Waals surface area contributed by atoms with Gasteiger partial charge < -0.3 is 15.2 Å². The molecule has 5 heteroatoms. The maximum atomic E-state index is 11.1. The van der Waals surface area contributed by atoms with Gasteiger partial charge in [-0.15, -0.1) is 0 Å². The second kappa shape index (κ2) is 5.59. The van der Waals surface area contributed by atoms with Crippen molar-refractivity contribution in [3.05, 3.63) is 0 Å². The Labute approximate surface area is 83.4 Å². The Morgan fingerprint density at radius 2 is 2.00 bits per heavy atom. The van der Waals surface area contributed by atoms with Crippen LogP contribution in [0.2, 0.25) is 0 Å². The summed E-state index contributed by atoms with van der Waals surface area (Å²) in [5, 5.41) is 11.3. The Bertz CT molecular complexity index is 213. The molecule has 0 rings (SSSR count). The first-order chi connectivity index (χ1) is 6.40. The predicted octanol–water partition coefficient (Wildman–Crippen LogP) is 0.250. The summed E-state index contributed by atoms with van der Waals surface area (Å²) in [5.74, 6) is -1.12. The quantitative estimate of drug-likeness (QED) is 0.648. The third-order valence-electron chi connectivity index (χ3n) is 1.84. The first-order valence-electron chi connectivity index (χ1n) is 4.39. The predicted molar refractivity (Wildman–Crippen MR) is 50.9 cm³/mol. The molecule has 0 bridgehead atoms. The smallest absolute Gasteiger partial charge is 0.310 e. The largest absolute Gasteiger partial charge is 0.481 e. The molecule has 0 spiro atoms. The molecule has 2 N–H and O–H groups in total. The first-order valence-corrected chi connectivity index (χ1v) is 4.39. The number of hydrogen-bond donors (Lipinski definition) is 2. The van der Waals surface area contributed by atoms with E-state index < -0.39 is 11.4 Å². The van der Waals surface area contributed by atoms with Gasteiger partial charge in [-0.2, -0.15) is 0 Å². The Morgan fingerprint density at radius 1 is 1.43 bits per heavy atom. The van der Waals surface area contributed by atoms with Crippen molar-refractivity contribution >= 4 is 11.9 Å². The summed E-state index contributed by atoms with van der Waals surface area (Å²) in [6.45, 7) is 3.60. The summed E-state index contributed by atoms with van der Waals surface area (Å²) in [7, 11) is 1.51. The zero-order valence-corrected chi connectivity index (χ0v) is 8.79. The van der Waals surface area contributed by atoms with E-state index in [2.05, 4.69) is 5.32 Å². The van der Waals surface area contributed by atoms with E-state index in [4.69, 9.17) is 9.84 Å². The lowest BCUT2D eigenvalue weighted by molar-refractivity contribution is -0.146. The molecule has 0 aromatic carbocycles. The molecule has 0 aromatic heterocycles. The summed E-state index contributed by atoms with van der Waals surface area (Å²) < 4.78 is 4.71. The normalized spacial score (nSPS) is 11.1. The van der Waals surface area contributed by atoms with Crippen LogP contribution in [0.5, 0.6) is 0 Å². The van der Waals surface area contributed by atoms with Crippen molar-refractivity contribution in [2.45, 2.75) is 20.3 Å². The number of ether oxygens (including phenoxy) is 1. The molecule has 14 heavy (non-hydrogen) atoms. The number of nitrogens with one attached hydrogen (secondary N) is 1. The van der Waals surface area contributed by atoms with Crippen molar-refractivity contribution < 1.29 is 19.4 Å². The van der Waals surface area contributed by atoms with Gasteiger partial charge in [-0.1, -0.05) is 0 Å². The zero-order valence-electron chi connectivity index (χ0n) is 8.79. The molecule has 82 valence electrons. The van der Waals surface area contributed by atoms with Gasteiger partial charge in [-0.25, -0.2) is 0 Å². The van der Waals surface area contributed by atoms with E-state index >= 15 is 0 Å². The summed E-state index contributed by atoms with van der Waals surface area (Å²) in [6.07, 6.45) is 0.256. The van der Waals surface area contributed by atoms with Gasteiger partial charge in [0.2, 0.25) is 5.91 Å². The number of carboxylic acids is 1. The standard InChI is InChI=1S/C9H17NO4/c1-9(2,8(12)13)6-10-7(11)4-5-14-3/h4-6H2,1-3H3,(H,10,11)(H,12,13). The third kappa shape index (κ3) is 4.81. The van der Waals surface area contributed by atoms with Crippen molar-refractivity contribution in [2.24, 2.45) is 5.41 Å². The number of aliphatic carboxylic acids is 1. The lowest BCUT2D eigenvalue weighted by Gasteiger charge is -2.19. The Kier molecular flexibility index (Phi) is 5.15. The van der Waals surface area contributed by atoms with Gasteiger partial charge in [-0.05, 0) is 13.8 Å². The number of hydrogen-bond acceptors (Lipinski definition) is 3. The van der Waals surface area contributed by atoms with Crippen LogP contribution in [0.15, 0.2) is 0 Å². The summed E-state index contributed by atoms with van der Waals surface area (Å²) in [5.41, 5.74) is -0.928. The highest BCUT2D eigenvalue weighted by molar-refractivity contribution is 5.78. The molecule has 0 aliphatic carbocycles. The van der Waals surface area contributed by atoms with Gasteiger partial charge in [0.05, 0.1) is 12.0 Å². The van der Waals surface area contributed by atoms with Crippen molar-refractivity contribution in [1.29, 1.82) is 0 Å². The van der Waals surface area contributed by atoms with Crippen LogP contribution in [0.1, 0.15) is 20.3 Å². The zero-order chi connectivity index (χ0) is 11.2. The van der Waals surface area contributed by atoms with Crippen molar-refractivity contribution in [3.8, 4) is 0 Å². The van der Waals surface area contributed by atoms with Crippen LogP contribution in [0.4, 0.5) is 0 Å². The Morgan fingerprint density at radius 3 is 2.43 bits per heavy atom. The SMILES string of the molecule is COCCC(=O)NCC(C)(C)C(=O)O. The lowest BCUT2D eigenvalue weighted by atomic mass is 9.94. The van der Waals surface area contributed by atoms with Gasteiger partial charge >= 0.3 is 5.97 Å². The number of amides is 1. The fourth-order valence-electron chi connectivity index (χ4n) is 0.678. The Balaban J connectivity index is 3.82. The van der Waals surface area contributed by atoms with E-state index in [0.717, 1.165) is 0 Å². The van der Waals surface area contributed by atoms with Gasteiger partial charge in [0.1, 0.15) is 0 Å². The number of carbonyl (C=O) groups excluding carboxylic acids is 1. The summed E-state index contributed by atoms with van der Waals surface area (Å²) in [6, 6.07) is 0.